The van der Waals surface area contributed by atoms with E-state index in [1.807, 2.05) is 18.5 Å². The topological polar surface area (TPSA) is 35.0 Å². The number of hydrogen-bond donors (Lipinski definition) is 0. The minimum atomic E-state index is -0.337. The Bertz CT molecular complexity index is 696. The Kier molecular flexibility index (Phi) is 7.61. The Morgan fingerprint density at radius 3 is 2.52 bits per heavy atom. The molecule has 0 spiro atoms. The van der Waals surface area contributed by atoms with E-state index in [1.54, 1.807) is 6.07 Å². The molecule has 0 saturated heterocycles. The van der Waals surface area contributed by atoms with Crippen LogP contribution in [0.25, 0.3) is 11.4 Å². The van der Waals surface area contributed by atoms with E-state index in [1.165, 1.54) is 57.4 Å². The number of nitrogens with zero attached hydrogens (tertiary/aromatic N) is 2. The molecule has 0 radical (unpaired) electrons. The zero-order valence-electron chi connectivity index (χ0n) is 16.4. The number of hydrogen-bond acceptors (Lipinski definition) is 3. The average molecular weight is 371 g/mol. The Labute approximate surface area is 162 Å². The Hall–Kier alpha value is -1.97. The molecule has 0 atom stereocenters. The van der Waals surface area contributed by atoms with Crippen molar-refractivity contribution >= 4 is 0 Å². The van der Waals surface area contributed by atoms with Crippen LogP contribution in [-0.2, 0) is 6.42 Å². The molecular weight excluding hydrogens is 339 g/mol. The van der Waals surface area contributed by atoms with Gasteiger partial charge in [-0.2, -0.15) is 0 Å². The van der Waals surface area contributed by atoms with Gasteiger partial charge in [-0.25, -0.2) is 14.4 Å². The van der Waals surface area contributed by atoms with E-state index in [0.29, 0.717) is 29.7 Å². The second-order valence-corrected chi connectivity index (χ2v) is 7.69. The minimum absolute atomic E-state index is 0.330. The van der Waals surface area contributed by atoms with Crippen molar-refractivity contribution in [2.75, 3.05) is 6.61 Å². The Morgan fingerprint density at radius 2 is 1.81 bits per heavy atom. The van der Waals surface area contributed by atoms with E-state index in [-0.39, 0.29) is 5.82 Å². The van der Waals surface area contributed by atoms with Crippen molar-refractivity contribution in [3.8, 4) is 17.1 Å². The molecule has 1 fully saturated rings. The summed E-state index contributed by atoms with van der Waals surface area (Å²) in [6.45, 7) is 2.82. The number of rotatable bonds is 9. The van der Waals surface area contributed by atoms with E-state index in [0.717, 1.165) is 18.4 Å². The highest BCUT2D eigenvalue weighted by molar-refractivity contribution is 5.56. The minimum Gasteiger partial charge on any atom is -0.490 e. The molecular formula is C23H31FN2O. The fourth-order valence-corrected chi connectivity index (χ4v) is 3.71. The van der Waals surface area contributed by atoms with Crippen LogP contribution in [0.5, 0.6) is 5.75 Å². The lowest BCUT2D eigenvalue weighted by Gasteiger charge is -2.21. The molecule has 0 N–H and O–H groups in total. The standard InChI is InChI=1S/C23H31FN2O/c1-2-3-4-6-11-19-15-25-23(26-16-19)20-12-13-22(21(24)14-20)27-17-18-9-7-5-8-10-18/h12-16,18H,2-11,17H2,1H3. The van der Waals surface area contributed by atoms with Crippen molar-refractivity contribution in [1.29, 1.82) is 0 Å². The fourth-order valence-electron chi connectivity index (χ4n) is 3.71. The normalized spacial score (nSPS) is 15.0. The summed E-state index contributed by atoms with van der Waals surface area (Å²) in [5.74, 6) is 1.11. The van der Waals surface area contributed by atoms with Crippen molar-refractivity contribution in [3.63, 3.8) is 0 Å². The predicted octanol–water partition coefficient (Wildman–Crippen LogP) is 6.36. The third kappa shape index (κ3) is 6.02. The fraction of sp³-hybridized carbons (Fsp3) is 0.565. The highest BCUT2D eigenvalue weighted by atomic mass is 19.1. The van der Waals surface area contributed by atoms with Gasteiger partial charge in [0.2, 0.25) is 0 Å². The molecule has 1 aromatic heterocycles. The van der Waals surface area contributed by atoms with Crippen molar-refractivity contribution in [2.24, 2.45) is 5.92 Å². The maximum Gasteiger partial charge on any atom is 0.165 e. The van der Waals surface area contributed by atoms with Crippen LogP contribution in [0.4, 0.5) is 4.39 Å². The number of halogens is 1. The van der Waals surface area contributed by atoms with Gasteiger partial charge in [-0.05, 0) is 55.4 Å². The first-order valence-corrected chi connectivity index (χ1v) is 10.5. The van der Waals surface area contributed by atoms with Gasteiger partial charge >= 0.3 is 0 Å². The molecule has 1 aliphatic rings. The highest BCUT2D eigenvalue weighted by Crippen LogP contribution is 2.27. The molecule has 0 bridgehead atoms. The van der Waals surface area contributed by atoms with Crippen LogP contribution in [0.3, 0.4) is 0 Å². The zero-order chi connectivity index (χ0) is 18.9. The first-order valence-electron chi connectivity index (χ1n) is 10.5. The Morgan fingerprint density at radius 1 is 1.04 bits per heavy atom. The molecule has 27 heavy (non-hydrogen) atoms. The van der Waals surface area contributed by atoms with Crippen LogP contribution in [0.1, 0.15) is 70.3 Å². The van der Waals surface area contributed by atoms with Gasteiger partial charge in [-0.1, -0.05) is 45.4 Å². The maximum atomic E-state index is 14.4. The molecule has 1 aromatic carbocycles. The number of unbranched alkanes of at least 4 members (excludes halogenated alkanes) is 3. The second-order valence-electron chi connectivity index (χ2n) is 7.69. The summed E-state index contributed by atoms with van der Waals surface area (Å²) in [5.41, 5.74) is 1.83. The smallest absolute Gasteiger partial charge is 0.165 e. The van der Waals surface area contributed by atoms with Gasteiger partial charge in [0.15, 0.2) is 17.4 Å². The SMILES string of the molecule is CCCCCCc1cnc(-c2ccc(OCC3CCCCC3)c(F)c2)nc1. The first-order chi connectivity index (χ1) is 13.3. The van der Waals surface area contributed by atoms with Gasteiger partial charge in [0.25, 0.3) is 0 Å². The van der Waals surface area contributed by atoms with Crippen LogP contribution in [0.15, 0.2) is 30.6 Å². The monoisotopic (exact) mass is 370 g/mol. The van der Waals surface area contributed by atoms with E-state index in [4.69, 9.17) is 4.74 Å². The van der Waals surface area contributed by atoms with Crippen LogP contribution < -0.4 is 4.74 Å². The lowest BCUT2D eigenvalue weighted by atomic mass is 9.90. The van der Waals surface area contributed by atoms with Gasteiger partial charge in [0.1, 0.15) is 0 Å². The van der Waals surface area contributed by atoms with Crippen molar-refractivity contribution in [2.45, 2.75) is 71.1 Å². The molecule has 146 valence electrons. The lowest BCUT2D eigenvalue weighted by Crippen LogP contribution is -2.15. The van der Waals surface area contributed by atoms with Gasteiger partial charge < -0.3 is 4.74 Å². The lowest BCUT2D eigenvalue weighted by molar-refractivity contribution is 0.202. The quantitative estimate of drug-likeness (QED) is 0.481. The van der Waals surface area contributed by atoms with Gasteiger partial charge in [-0.3, -0.25) is 0 Å². The number of aromatic nitrogens is 2. The van der Waals surface area contributed by atoms with E-state index >= 15 is 0 Å². The summed E-state index contributed by atoms with van der Waals surface area (Å²) in [5, 5.41) is 0. The molecule has 3 rings (SSSR count). The number of benzene rings is 1. The molecule has 0 aliphatic heterocycles. The molecule has 3 nitrogen and oxygen atoms in total. The van der Waals surface area contributed by atoms with E-state index < -0.39 is 0 Å². The van der Waals surface area contributed by atoms with Gasteiger partial charge in [-0.15, -0.1) is 0 Å². The predicted molar refractivity (Wildman–Crippen MR) is 107 cm³/mol. The zero-order valence-corrected chi connectivity index (χ0v) is 16.4. The largest absolute Gasteiger partial charge is 0.490 e. The van der Waals surface area contributed by atoms with Crippen molar-refractivity contribution in [3.05, 3.63) is 42.0 Å². The maximum absolute atomic E-state index is 14.4. The highest BCUT2D eigenvalue weighted by Gasteiger charge is 2.15. The first kappa shape index (κ1) is 19.8. The molecule has 2 aromatic rings. The molecule has 0 amide bonds. The van der Waals surface area contributed by atoms with E-state index in [2.05, 4.69) is 16.9 Å². The van der Waals surface area contributed by atoms with E-state index in [9.17, 15) is 4.39 Å². The number of aryl methyl sites for hydroxylation is 1. The summed E-state index contributed by atoms with van der Waals surface area (Å²) in [4.78, 5) is 8.84. The summed E-state index contributed by atoms with van der Waals surface area (Å²) in [7, 11) is 0. The third-order valence-corrected chi connectivity index (χ3v) is 5.41. The summed E-state index contributed by atoms with van der Waals surface area (Å²) < 4.78 is 20.2. The summed E-state index contributed by atoms with van der Waals surface area (Å²) in [6, 6.07) is 5.03. The molecule has 1 heterocycles. The van der Waals surface area contributed by atoms with Crippen LogP contribution in [0, 0.1) is 11.7 Å². The summed E-state index contributed by atoms with van der Waals surface area (Å²) in [6.07, 6.45) is 15.9. The average Bonchev–Trinajstić information content (AvgIpc) is 2.71. The van der Waals surface area contributed by atoms with Gasteiger partial charge in [0, 0.05) is 18.0 Å². The molecule has 1 aliphatic carbocycles. The third-order valence-electron chi connectivity index (χ3n) is 5.41. The number of ether oxygens (including phenoxy) is 1. The van der Waals surface area contributed by atoms with Gasteiger partial charge in [0.05, 0.1) is 6.61 Å². The van der Waals surface area contributed by atoms with Crippen LogP contribution >= 0.6 is 0 Å². The molecule has 0 unspecified atom stereocenters. The van der Waals surface area contributed by atoms with Crippen LogP contribution in [0.2, 0.25) is 0 Å². The molecule has 4 heteroatoms. The second kappa shape index (κ2) is 10.4. The Balaban J connectivity index is 1.56. The van der Waals surface area contributed by atoms with Crippen LogP contribution in [-0.4, -0.2) is 16.6 Å². The summed E-state index contributed by atoms with van der Waals surface area (Å²) >= 11 is 0. The van der Waals surface area contributed by atoms with Crippen molar-refractivity contribution in [1.82, 2.24) is 9.97 Å². The molecule has 1 saturated carbocycles. The van der Waals surface area contributed by atoms with Crippen molar-refractivity contribution < 1.29 is 9.13 Å².